The molecule has 4 nitrogen and oxygen atoms in total. The average Bonchev–Trinajstić information content (AvgIpc) is 2.89. The van der Waals surface area contributed by atoms with E-state index in [1.807, 2.05) is 19.1 Å². The maximum absolute atomic E-state index is 11.7. The van der Waals surface area contributed by atoms with Crippen LogP contribution in [-0.4, -0.2) is 15.7 Å². The number of rotatable bonds is 4. The quantitative estimate of drug-likeness (QED) is 0.927. The highest BCUT2D eigenvalue weighted by Crippen LogP contribution is 2.26. The molecule has 2 aromatic heterocycles. The van der Waals surface area contributed by atoms with Crippen molar-refractivity contribution >= 4 is 28.8 Å². The summed E-state index contributed by atoms with van der Waals surface area (Å²) in [4.78, 5) is 12.7. The molecule has 0 saturated carbocycles. The first-order chi connectivity index (χ1) is 8.15. The van der Waals surface area contributed by atoms with Crippen LogP contribution in [0.5, 0.6) is 0 Å². The van der Waals surface area contributed by atoms with E-state index < -0.39 is 0 Å². The highest BCUT2D eigenvalue weighted by Gasteiger charge is 2.11. The lowest BCUT2D eigenvalue weighted by molar-refractivity contribution is -0.122. The molecule has 0 saturated heterocycles. The molecule has 17 heavy (non-hydrogen) atoms. The highest BCUT2D eigenvalue weighted by atomic mass is 35.5. The average molecular weight is 270 g/mol. The standard InChI is InChI=1S/C11H12ClN3OS/c1-8(9-3-4-10(12)17-9)14-11(16)7-15-6-2-5-13-15/h2-6,8H,7H2,1H3,(H,14,16)/t8-/m0/s1. The number of carbonyl (C=O) groups excluding carboxylic acids is 1. The van der Waals surface area contributed by atoms with Crippen molar-refractivity contribution < 1.29 is 4.79 Å². The van der Waals surface area contributed by atoms with Crippen LogP contribution < -0.4 is 5.32 Å². The van der Waals surface area contributed by atoms with Gasteiger partial charge in [-0.1, -0.05) is 11.6 Å². The smallest absolute Gasteiger partial charge is 0.242 e. The van der Waals surface area contributed by atoms with Crippen molar-refractivity contribution in [3.05, 3.63) is 39.8 Å². The number of hydrogen-bond donors (Lipinski definition) is 1. The Morgan fingerprint density at radius 3 is 3.06 bits per heavy atom. The van der Waals surface area contributed by atoms with Gasteiger partial charge in [-0.3, -0.25) is 9.48 Å². The van der Waals surface area contributed by atoms with E-state index in [2.05, 4.69) is 10.4 Å². The van der Waals surface area contributed by atoms with Crippen LogP contribution in [0.2, 0.25) is 4.34 Å². The van der Waals surface area contributed by atoms with Gasteiger partial charge in [0.1, 0.15) is 6.54 Å². The van der Waals surface area contributed by atoms with Gasteiger partial charge in [0.25, 0.3) is 0 Å². The number of amides is 1. The number of halogens is 1. The lowest BCUT2D eigenvalue weighted by atomic mass is 10.3. The second-order valence-electron chi connectivity index (χ2n) is 3.63. The molecule has 2 rings (SSSR count). The molecule has 0 unspecified atom stereocenters. The SMILES string of the molecule is C[C@H](NC(=O)Cn1cccn1)c1ccc(Cl)s1. The van der Waals surface area contributed by atoms with E-state index in [1.54, 1.807) is 23.1 Å². The van der Waals surface area contributed by atoms with Crippen molar-refractivity contribution in [2.75, 3.05) is 0 Å². The second kappa shape index (κ2) is 5.33. The number of nitrogens with one attached hydrogen (secondary N) is 1. The fourth-order valence-electron chi connectivity index (χ4n) is 1.46. The third kappa shape index (κ3) is 3.31. The third-order valence-corrected chi connectivity index (χ3v) is 3.68. The minimum atomic E-state index is -0.0641. The summed E-state index contributed by atoms with van der Waals surface area (Å²) >= 11 is 7.32. The predicted octanol–water partition coefficient (Wildman–Crippen LogP) is 2.48. The Balaban J connectivity index is 1.90. The summed E-state index contributed by atoms with van der Waals surface area (Å²) in [6.45, 7) is 2.17. The van der Waals surface area contributed by atoms with Crippen LogP contribution in [0.1, 0.15) is 17.8 Å². The Morgan fingerprint density at radius 1 is 1.65 bits per heavy atom. The molecule has 0 aliphatic carbocycles. The Bertz CT molecular complexity index is 495. The number of carbonyl (C=O) groups is 1. The lowest BCUT2D eigenvalue weighted by Crippen LogP contribution is -2.29. The van der Waals surface area contributed by atoms with Crippen LogP contribution in [0.4, 0.5) is 0 Å². The van der Waals surface area contributed by atoms with Crippen molar-refractivity contribution in [3.63, 3.8) is 0 Å². The molecule has 1 atom stereocenters. The lowest BCUT2D eigenvalue weighted by Gasteiger charge is -2.11. The Labute approximate surface area is 108 Å². The normalized spacial score (nSPS) is 12.4. The van der Waals surface area contributed by atoms with E-state index >= 15 is 0 Å². The fourth-order valence-corrected chi connectivity index (χ4v) is 2.52. The van der Waals surface area contributed by atoms with Gasteiger partial charge in [-0.25, -0.2) is 0 Å². The highest BCUT2D eigenvalue weighted by molar-refractivity contribution is 7.16. The van der Waals surface area contributed by atoms with E-state index in [0.717, 1.165) is 9.21 Å². The van der Waals surface area contributed by atoms with Gasteiger partial charge >= 0.3 is 0 Å². The van der Waals surface area contributed by atoms with Crippen molar-refractivity contribution in [1.82, 2.24) is 15.1 Å². The number of hydrogen-bond acceptors (Lipinski definition) is 3. The molecule has 0 spiro atoms. The largest absolute Gasteiger partial charge is 0.347 e. The van der Waals surface area contributed by atoms with Gasteiger partial charge in [-0.2, -0.15) is 5.10 Å². The molecule has 0 bridgehead atoms. The predicted molar refractivity (Wildman–Crippen MR) is 68.1 cm³/mol. The molecule has 0 aromatic carbocycles. The maximum atomic E-state index is 11.7. The van der Waals surface area contributed by atoms with E-state index in [-0.39, 0.29) is 18.5 Å². The van der Waals surface area contributed by atoms with Crippen LogP contribution in [0, 0.1) is 0 Å². The summed E-state index contributed by atoms with van der Waals surface area (Å²) in [6.07, 6.45) is 3.40. The summed E-state index contributed by atoms with van der Waals surface area (Å²) in [7, 11) is 0. The van der Waals surface area contributed by atoms with Crippen LogP contribution in [0.25, 0.3) is 0 Å². The molecule has 0 radical (unpaired) electrons. The number of nitrogens with zero attached hydrogens (tertiary/aromatic N) is 2. The Kier molecular flexibility index (Phi) is 3.81. The molecule has 1 amide bonds. The molecular formula is C11H12ClN3OS. The van der Waals surface area contributed by atoms with Gasteiger partial charge in [-0.15, -0.1) is 11.3 Å². The third-order valence-electron chi connectivity index (χ3n) is 2.26. The maximum Gasteiger partial charge on any atom is 0.242 e. The van der Waals surface area contributed by atoms with Gasteiger partial charge in [0, 0.05) is 17.3 Å². The van der Waals surface area contributed by atoms with Crippen LogP contribution >= 0.6 is 22.9 Å². The summed E-state index contributed by atoms with van der Waals surface area (Å²) < 4.78 is 2.32. The van der Waals surface area contributed by atoms with Crippen LogP contribution in [0.3, 0.4) is 0 Å². The molecule has 0 aliphatic heterocycles. The molecular weight excluding hydrogens is 258 g/mol. The van der Waals surface area contributed by atoms with E-state index in [4.69, 9.17) is 11.6 Å². The molecule has 0 aliphatic rings. The Hall–Kier alpha value is -1.33. The molecule has 6 heteroatoms. The zero-order chi connectivity index (χ0) is 12.3. The fraction of sp³-hybridized carbons (Fsp3) is 0.273. The molecule has 0 fully saturated rings. The van der Waals surface area contributed by atoms with Gasteiger partial charge in [0.05, 0.1) is 10.4 Å². The first kappa shape index (κ1) is 12.1. The van der Waals surface area contributed by atoms with Crippen molar-refractivity contribution in [3.8, 4) is 0 Å². The zero-order valence-electron chi connectivity index (χ0n) is 9.26. The van der Waals surface area contributed by atoms with Gasteiger partial charge < -0.3 is 5.32 Å². The van der Waals surface area contributed by atoms with Crippen molar-refractivity contribution in [1.29, 1.82) is 0 Å². The number of thiophene rings is 1. The second-order valence-corrected chi connectivity index (χ2v) is 5.38. The number of aromatic nitrogens is 2. The summed E-state index contributed by atoms with van der Waals surface area (Å²) in [5, 5.41) is 6.88. The zero-order valence-corrected chi connectivity index (χ0v) is 10.8. The van der Waals surface area contributed by atoms with E-state index in [9.17, 15) is 4.79 Å². The van der Waals surface area contributed by atoms with Gasteiger partial charge in [0.15, 0.2) is 0 Å². The van der Waals surface area contributed by atoms with E-state index in [1.165, 1.54) is 11.3 Å². The monoisotopic (exact) mass is 269 g/mol. The minimum Gasteiger partial charge on any atom is -0.347 e. The minimum absolute atomic E-state index is 0.0319. The summed E-state index contributed by atoms with van der Waals surface area (Å²) in [5.41, 5.74) is 0. The summed E-state index contributed by atoms with van der Waals surface area (Å²) in [6, 6.07) is 5.51. The van der Waals surface area contributed by atoms with Crippen LogP contribution in [0.15, 0.2) is 30.6 Å². The van der Waals surface area contributed by atoms with E-state index in [0.29, 0.717) is 0 Å². The molecule has 2 aromatic rings. The topological polar surface area (TPSA) is 46.9 Å². The summed E-state index contributed by atoms with van der Waals surface area (Å²) in [5.74, 6) is -0.0641. The van der Waals surface area contributed by atoms with Gasteiger partial charge in [-0.05, 0) is 25.1 Å². The molecule has 2 heterocycles. The first-order valence-electron chi connectivity index (χ1n) is 5.17. The van der Waals surface area contributed by atoms with Crippen LogP contribution in [-0.2, 0) is 11.3 Å². The molecule has 1 N–H and O–H groups in total. The first-order valence-corrected chi connectivity index (χ1v) is 6.36. The van der Waals surface area contributed by atoms with Crippen molar-refractivity contribution in [2.24, 2.45) is 0 Å². The van der Waals surface area contributed by atoms with Crippen molar-refractivity contribution in [2.45, 2.75) is 19.5 Å². The Morgan fingerprint density at radius 2 is 2.47 bits per heavy atom. The van der Waals surface area contributed by atoms with Gasteiger partial charge in [0.2, 0.25) is 5.91 Å². The molecule has 90 valence electrons.